The van der Waals surface area contributed by atoms with Gasteiger partial charge in [-0.3, -0.25) is 9.59 Å². The lowest BCUT2D eigenvalue weighted by molar-refractivity contribution is -0.137. The van der Waals surface area contributed by atoms with Crippen LogP contribution in [0.3, 0.4) is 0 Å². The van der Waals surface area contributed by atoms with E-state index in [1.165, 1.54) is 0 Å². The molecule has 144 valence electrons. The van der Waals surface area contributed by atoms with Crippen molar-refractivity contribution in [2.24, 2.45) is 5.92 Å². The highest BCUT2D eigenvalue weighted by Gasteiger charge is 2.45. The zero-order valence-electron chi connectivity index (χ0n) is 15.8. The highest BCUT2D eigenvalue weighted by Crippen LogP contribution is 2.39. The molecule has 0 radical (unpaired) electrons. The number of hydrogen-bond donors (Lipinski definition) is 0. The summed E-state index contributed by atoms with van der Waals surface area (Å²) in [4.78, 5) is 30.2. The van der Waals surface area contributed by atoms with Crippen LogP contribution in [-0.4, -0.2) is 41.9 Å². The molecule has 5 heteroatoms. The van der Waals surface area contributed by atoms with Crippen LogP contribution in [-0.2, 0) is 16.0 Å². The minimum atomic E-state index is -0.437. The number of ether oxygens (including phenoxy) is 1. The van der Waals surface area contributed by atoms with E-state index in [0.717, 1.165) is 29.8 Å². The van der Waals surface area contributed by atoms with E-state index in [-0.39, 0.29) is 17.9 Å². The summed E-state index contributed by atoms with van der Waals surface area (Å²) >= 11 is 0. The Balaban J connectivity index is 1.44. The third-order valence-corrected chi connectivity index (χ3v) is 5.92. The topological polar surface area (TPSA) is 49.9 Å². The molecule has 2 fully saturated rings. The quantitative estimate of drug-likeness (QED) is 0.824. The number of rotatable bonds is 4. The van der Waals surface area contributed by atoms with Gasteiger partial charge in [-0.2, -0.15) is 0 Å². The standard InChI is InChI=1S/C23H24N2O3/c26-22(12-16-6-2-1-3-7-16)24-15-18-13-20(24)23(27)25(14-17-10-11-17)19-8-4-5-9-21(19)28-18/h1-9,17-18,20H,10-15H2/t18-,20-/m0/s1. The molecule has 2 atom stereocenters. The lowest BCUT2D eigenvalue weighted by Crippen LogP contribution is -2.49. The van der Waals surface area contributed by atoms with E-state index < -0.39 is 6.04 Å². The van der Waals surface area contributed by atoms with Gasteiger partial charge in [0.1, 0.15) is 17.9 Å². The molecule has 0 spiro atoms. The maximum absolute atomic E-state index is 13.5. The Hall–Kier alpha value is -2.82. The highest BCUT2D eigenvalue weighted by molar-refractivity contribution is 6.01. The molecule has 2 amide bonds. The van der Waals surface area contributed by atoms with E-state index in [4.69, 9.17) is 4.74 Å². The minimum absolute atomic E-state index is 0.00650. The number of amides is 2. The van der Waals surface area contributed by atoms with Crippen LogP contribution in [0.15, 0.2) is 54.6 Å². The van der Waals surface area contributed by atoms with Crippen molar-refractivity contribution in [2.45, 2.75) is 37.8 Å². The van der Waals surface area contributed by atoms with Gasteiger partial charge in [-0.1, -0.05) is 42.5 Å². The predicted octanol–water partition coefficient (Wildman–Crippen LogP) is 3.03. The van der Waals surface area contributed by atoms with Gasteiger partial charge in [-0.05, 0) is 36.5 Å². The summed E-state index contributed by atoms with van der Waals surface area (Å²) in [5, 5.41) is 0. The molecule has 1 aliphatic carbocycles. The average Bonchev–Trinajstić information content (AvgIpc) is 3.43. The van der Waals surface area contributed by atoms with Crippen molar-refractivity contribution in [1.82, 2.24) is 4.90 Å². The van der Waals surface area contributed by atoms with E-state index in [1.54, 1.807) is 4.90 Å². The monoisotopic (exact) mass is 376 g/mol. The van der Waals surface area contributed by atoms with Crippen LogP contribution in [0.2, 0.25) is 0 Å². The Bertz CT molecular complexity index is 894. The van der Waals surface area contributed by atoms with Crippen LogP contribution in [0.25, 0.3) is 0 Å². The van der Waals surface area contributed by atoms with Crippen molar-refractivity contribution in [3.63, 3.8) is 0 Å². The summed E-state index contributed by atoms with van der Waals surface area (Å²) < 4.78 is 6.25. The van der Waals surface area contributed by atoms with E-state index >= 15 is 0 Å². The number of fused-ring (bicyclic) bond motifs is 3. The maximum Gasteiger partial charge on any atom is 0.250 e. The molecule has 2 heterocycles. The Morgan fingerprint density at radius 2 is 1.79 bits per heavy atom. The van der Waals surface area contributed by atoms with E-state index in [0.29, 0.717) is 31.8 Å². The number of carbonyl (C=O) groups is 2. The third kappa shape index (κ3) is 3.26. The van der Waals surface area contributed by atoms with Gasteiger partial charge in [0.05, 0.1) is 18.7 Å². The van der Waals surface area contributed by atoms with Crippen LogP contribution in [0.5, 0.6) is 5.75 Å². The first-order valence-corrected chi connectivity index (χ1v) is 10.1. The zero-order chi connectivity index (χ0) is 19.1. The van der Waals surface area contributed by atoms with Gasteiger partial charge in [0.25, 0.3) is 0 Å². The summed E-state index contributed by atoms with van der Waals surface area (Å²) in [6.07, 6.45) is 3.06. The molecule has 2 bridgehead atoms. The third-order valence-electron chi connectivity index (χ3n) is 5.92. The maximum atomic E-state index is 13.5. The molecule has 0 unspecified atom stereocenters. The number of anilines is 1. The SMILES string of the molecule is O=C1[C@@H]2C[C@@H](CN2C(=O)Cc2ccccc2)Oc2ccccc2N1CC1CC1. The fourth-order valence-corrected chi connectivity index (χ4v) is 4.27. The molecule has 5 nitrogen and oxygen atoms in total. The molecule has 2 aromatic carbocycles. The molecule has 1 saturated carbocycles. The number of benzene rings is 2. The first-order chi connectivity index (χ1) is 13.7. The molecule has 3 aliphatic rings. The van der Waals surface area contributed by atoms with Gasteiger partial charge < -0.3 is 14.5 Å². The molecule has 2 aromatic rings. The lowest BCUT2D eigenvalue weighted by Gasteiger charge is -2.31. The van der Waals surface area contributed by atoms with Gasteiger partial charge in [-0.15, -0.1) is 0 Å². The summed E-state index contributed by atoms with van der Waals surface area (Å²) in [5.41, 5.74) is 1.81. The smallest absolute Gasteiger partial charge is 0.250 e. The Morgan fingerprint density at radius 3 is 2.57 bits per heavy atom. The number of likely N-dealkylation sites (tertiary alicyclic amines) is 1. The summed E-state index contributed by atoms with van der Waals surface area (Å²) in [7, 11) is 0. The summed E-state index contributed by atoms with van der Waals surface area (Å²) in [5.74, 6) is 1.33. The van der Waals surface area contributed by atoms with Crippen molar-refractivity contribution in [3.8, 4) is 5.75 Å². The molecule has 0 aromatic heterocycles. The number of nitrogens with zero attached hydrogens (tertiary/aromatic N) is 2. The fourth-order valence-electron chi connectivity index (χ4n) is 4.27. The van der Waals surface area contributed by atoms with Crippen molar-refractivity contribution in [2.75, 3.05) is 18.0 Å². The second kappa shape index (κ2) is 6.97. The molecule has 28 heavy (non-hydrogen) atoms. The highest BCUT2D eigenvalue weighted by atomic mass is 16.5. The van der Waals surface area contributed by atoms with Gasteiger partial charge in [-0.25, -0.2) is 0 Å². The van der Waals surface area contributed by atoms with E-state index in [9.17, 15) is 9.59 Å². The molecular weight excluding hydrogens is 352 g/mol. The number of hydrogen-bond acceptors (Lipinski definition) is 3. The van der Waals surface area contributed by atoms with Crippen molar-refractivity contribution < 1.29 is 14.3 Å². The molecule has 2 aliphatic heterocycles. The zero-order valence-corrected chi connectivity index (χ0v) is 15.8. The van der Waals surface area contributed by atoms with Crippen molar-refractivity contribution in [3.05, 3.63) is 60.2 Å². The normalized spacial score (nSPS) is 23.6. The van der Waals surface area contributed by atoms with Crippen LogP contribution >= 0.6 is 0 Å². The molecule has 1 saturated heterocycles. The van der Waals surface area contributed by atoms with Gasteiger partial charge in [0.15, 0.2) is 0 Å². The largest absolute Gasteiger partial charge is 0.486 e. The summed E-state index contributed by atoms with van der Waals surface area (Å²) in [6.45, 7) is 1.18. The van der Waals surface area contributed by atoms with E-state index in [1.807, 2.05) is 59.5 Å². The molecular formula is C23H24N2O3. The second-order valence-electron chi connectivity index (χ2n) is 8.06. The molecule has 5 rings (SSSR count). The summed E-state index contributed by atoms with van der Waals surface area (Å²) in [6, 6.07) is 17.0. The van der Waals surface area contributed by atoms with E-state index in [2.05, 4.69) is 0 Å². The van der Waals surface area contributed by atoms with Crippen LogP contribution in [0, 0.1) is 5.92 Å². The van der Waals surface area contributed by atoms with Crippen LogP contribution < -0.4 is 9.64 Å². The second-order valence-corrected chi connectivity index (χ2v) is 8.06. The van der Waals surface area contributed by atoms with Gasteiger partial charge in [0, 0.05) is 13.0 Å². The van der Waals surface area contributed by atoms with Crippen molar-refractivity contribution in [1.29, 1.82) is 0 Å². The number of carbonyl (C=O) groups excluding carboxylic acids is 2. The Kier molecular flexibility index (Phi) is 4.30. The predicted molar refractivity (Wildman–Crippen MR) is 106 cm³/mol. The first kappa shape index (κ1) is 17.3. The van der Waals surface area contributed by atoms with Crippen LogP contribution in [0.1, 0.15) is 24.8 Å². The van der Waals surface area contributed by atoms with Crippen molar-refractivity contribution >= 4 is 17.5 Å². The first-order valence-electron chi connectivity index (χ1n) is 10.1. The van der Waals surface area contributed by atoms with Gasteiger partial charge >= 0.3 is 0 Å². The molecule has 0 N–H and O–H groups in total. The fraction of sp³-hybridized carbons (Fsp3) is 0.391. The van der Waals surface area contributed by atoms with Gasteiger partial charge in [0.2, 0.25) is 11.8 Å². The number of para-hydroxylation sites is 2. The van der Waals surface area contributed by atoms with Crippen LogP contribution in [0.4, 0.5) is 5.69 Å². The Labute approximate surface area is 164 Å². The lowest BCUT2D eigenvalue weighted by atomic mass is 10.1. The average molecular weight is 376 g/mol. The Morgan fingerprint density at radius 1 is 1.04 bits per heavy atom. The minimum Gasteiger partial charge on any atom is -0.486 e.